The summed E-state index contributed by atoms with van der Waals surface area (Å²) in [6.45, 7) is 10.9. The van der Waals surface area contributed by atoms with Gasteiger partial charge in [0.05, 0.1) is 13.2 Å². The second-order valence-corrected chi connectivity index (χ2v) is 6.46. The maximum absolute atomic E-state index is 11.9. The third-order valence-electron chi connectivity index (χ3n) is 4.18. The lowest BCUT2D eigenvalue weighted by Gasteiger charge is -2.35. The first-order valence-corrected chi connectivity index (χ1v) is 7.94. The van der Waals surface area contributed by atoms with Crippen LogP contribution in [0.1, 0.15) is 26.7 Å². The Bertz CT molecular complexity index is 299. The molecule has 0 bridgehead atoms. The largest absolute Gasteiger partial charge is 0.379 e. The molecule has 1 amide bonds. The number of hydrogen-bond donors (Lipinski definition) is 2. The fourth-order valence-corrected chi connectivity index (χ4v) is 2.91. The van der Waals surface area contributed by atoms with Crippen molar-refractivity contribution in [1.29, 1.82) is 0 Å². The average Bonchev–Trinajstić information content (AvgIpc) is 2.39. The van der Waals surface area contributed by atoms with Gasteiger partial charge in [0.2, 0.25) is 5.91 Å². The number of carbonyl (C=O) groups is 1. The lowest BCUT2D eigenvalue weighted by atomic mass is 9.98. The Morgan fingerprint density at radius 3 is 2.60 bits per heavy atom. The average molecular weight is 283 g/mol. The van der Waals surface area contributed by atoms with E-state index in [1.54, 1.807) is 0 Å². The van der Waals surface area contributed by atoms with Crippen LogP contribution in [-0.2, 0) is 9.53 Å². The molecule has 5 nitrogen and oxygen atoms in total. The van der Waals surface area contributed by atoms with Gasteiger partial charge in [-0.2, -0.15) is 0 Å². The standard InChI is InChI=1S/C15H29N3O2/c1-12(2)7-14(18-3-5-20-6-4-18)11-17-15(19)8-13-9-16-10-13/h12-14,16H,3-11H2,1-2H3,(H,17,19). The summed E-state index contributed by atoms with van der Waals surface area (Å²) in [6.07, 6.45) is 1.80. The molecule has 0 saturated carbocycles. The fraction of sp³-hybridized carbons (Fsp3) is 0.933. The highest BCUT2D eigenvalue weighted by Gasteiger charge is 2.24. The highest BCUT2D eigenvalue weighted by Crippen LogP contribution is 2.13. The minimum Gasteiger partial charge on any atom is -0.379 e. The lowest BCUT2D eigenvalue weighted by Crippen LogP contribution is -2.50. The van der Waals surface area contributed by atoms with Gasteiger partial charge in [0.25, 0.3) is 0 Å². The van der Waals surface area contributed by atoms with Crippen molar-refractivity contribution < 1.29 is 9.53 Å². The van der Waals surface area contributed by atoms with Gasteiger partial charge < -0.3 is 15.4 Å². The number of amides is 1. The first kappa shape index (κ1) is 15.7. The SMILES string of the molecule is CC(C)CC(CNC(=O)CC1CNC1)N1CCOCC1. The Labute approximate surface area is 122 Å². The molecule has 0 aromatic carbocycles. The van der Waals surface area contributed by atoms with Crippen LogP contribution in [0.4, 0.5) is 0 Å². The molecule has 0 aromatic heterocycles. The summed E-state index contributed by atoms with van der Waals surface area (Å²) < 4.78 is 5.42. The number of nitrogens with one attached hydrogen (secondary N) is 2. The van der Waals surface area contributed by atoms with Crippen LogP contribution in [0.25, 0.3) is 0 Å². The lowest BCUT2D eigenvalue weighted by molar-refractivity contribution is -0.122. The maximum atomic E-state index is 11.9. The number of carbonyl (C=O) groups excluding carboxylic acids is 1. The van der Waals surface area contributed by atoms with E-state index < -0.39 is 0 Å². The summed E-state index contributed by atoms with van der Waals surface area (Å²) in [7, 11) is 0. The molecule has 2 fully saturated rings. The zero-order valence-corrected chi connectivity index (χ0v) is 12.9. The fourth-order valence-electron chi connectivity index (χ4n) is 2.91. The summed E-state index contributed by atoms with van der Waals surface area (Å²) in [5.74, 6) is 1.40. The molecular weight excluding hydrogens is 254 g/mol. The second kappa shape index (κ2) is 7.96. The van der Waals surface area contributed by atoms with Crippen LogP contribution in [0.15, 0.2) is 0 Å². The molecule has 2 saturated heterocycles. The minimum absolute atomic E-state index is 0.207. The number of nitrogens with zero attached hydrogens (tertiary/aromatic N) is 1. The number of morpholine rings is 1. The third kappa shape index (κ3) is 5.04. The zero-order valence-electron chi connectivity index (χ0n) is 12.9. The van der Waals surface area contributed by atoms with Crippen molar-refractivity contribution in [2.45, 2.75) is 32.7 Å². The number of hydrogen-bond acceptors (Lipinski definition) is 4. The molecule has 20 heavy (non-hydrogen) atoms. The molecule has 0 aromatic rings. The second-order valence-electron chi connectivity index (χ2n) is 6.46. The van der Waals surface area contributed by atoms with Crippen LogP contribution in [0.3, 0.4) is 0 Å². The molecule has 2 N–H and O–H groups in total. The maximum Gasteiger partial charge on any atom is 0.220 e. The van der Waals surface area contributed by atoms with Crippen molar-refractivity contribution in [2.24, 2.45) is 11.8 Å². The smallest absolute Gasteiger partial charge is 0.220 e. The summed E-state index contributed by atoms with van der Waals surface area (Å²) in [4.78, 5) is 14.4. The van der Waals surface area contributed by atoms with E-state index in [2.05, 4.69) is 29.4 Å². The third-order valence-corrected chi connectivity index (χ3v) is 4.18. The summed E-state index contributed by atoms with van der Waals surface area (Å²) in [5.41, 5.74) is 0. The molecule has 2 rings (SSSR count). The van der Waals surface area contributed by atoms with Gasteiger partial charge in [-0.15, -0.1) is 0 Å². The van der Waals surface area contributed by atoms with Gasteiger partial charge in [0.1, 0.15) is 0 Å². The van der Waals surface area contributed by atoms with Gasteiger partial charge in [0, 0.05) is 32.1 Å². The molecule has 1 atom stereocenters. The van der Waals surface area contributed by atoms with Crippen LogP contribution in [-0.4, -0.2) is 62.8 Å². The summed E-state index contributed by atoms with van der Waals surface area (Å²) in [5, 5.41) is 6.34. The molecule has 0 spiro atoms. The van der Waals surface area contributed by atoms with Crippen molar-refractivity contribution in [2.75, 3.05) is 45.9 Å². The van der Waals surface area contributed by atoms with E-state index >= 15 is 0 Å². The van der Waals surface area contributed by atoms with Gasteiger partial charge in [-0.1, -0.05) is 13.8 Å². The van der Waals surface area contributed by atoms with Gasteiger partial charge in [-0.3, -0.25) is 9.69 Å². The van der Waals surface area contributed by atoms with Crippen LogP contribution in [0.5, 0.6) is 0 Å². The topological polar surface area (TPSA) is 53.6 Å². The first-order valence-electron chi connectivity index (χ1n) is 7.94. The minimum atomic E-state index is 0.207. The molecule has 116 valence electrons. The molecular formula is C15H29N3O2. The van der Waals surface area contributed by atoms with Gasteiger partial charge in [0.15, 0.2) is 0 Å². The van der Waals surface area contributed by atoms with E-state index in [9.17, 15) is 4.79 Å². The van der Waals surface area contributed by atoms with Crippen molar-refractivity contribution in [3.8, 4) is 0 Å². The summed E-state index contributed by atoms with van der Waals surface area (Å²) in [6, 6.07) is 0.447. The molecule has 2 aliphatic rings. The van der Waals surface area contributed by atoms with E-state index in [-0.39, 0.29) is 5.91 Å². The number of ether oxygens (including phenoxy) is 1. The quantitative estimate of drug-likeness (QED) is 0.713. The van der Waals surface area contributed by atoms with Crippen LogP contribution in [0, 0.1) is 11.8 Å². The molecule has 1 unspecified atom stereocenters. The van der Waals surface area contributed by atoms with E-state index in [1.165, 1.54) is 0 Å². The molecule has 0 aliphatic carbocycles. The van der Waals surface area contributed by atoms with Crippen molar-refractivity contribution in [1.82, 2.24) is 15.5 Å². The molecule has 0 radical (unpaired) electrons. The zero-order chi connectivity index (χ0) is 14.4. The van der Waals surface area contributed by atoms with Crippen molar-refractivity contribution in [3.05, 3.63) is 0 Å². The van der Waals surface area contributed by atoms with Crippen molar-refractivity contribution >= 4 is 5.91 Å². The molecule has 2 heterocycles. The Balaban J connectivity index is 1.75. The van der Waals surface area contributed by atoms with Crippen molar-refractivity contribution in [3.63, 3.8) is 0 Å². The summed E-state index contributed by atoms with van der Waals surface area (Å²) >= 11 is 0. The molecule has 2 aliphatic heterocycles. The van der Waals surface area contributed by atoms with E-state index in [1.807, 2.05) is 0 Å². The Hall–Kier alpha value is -0.650. The monoisotopic (exact) mass is 283 g/mol. The Kier molecular flexibility index (Phi) is 6.26. The van der Waals surface area contributed by atoms with Gasteiger partial charge >= 0.3 is 0 Å². The Morgan fingerprint density at radius 1 is 1.35 bits per heavy atom. The predicted octanol–water partition coefficient (Wildman–Crippen LogP) is 0.459. The first-order chi connectivity index (χ1) is 9.65. The Morgan fingerprint density at radius 2 is 2.05 bits per heavy atom. The molecule has 5 heteroatoms. The van der Waals surface area contributed by atoms with E-state index in [0.29, 0.717) is 24.3 Å². The van der Waals surface area contributed by atoms with Gasteiger partial charge in [-0.05, 0) is 31.3 Å². The highest BCUT2D eigenvalue weighted by molar-refractivity contribution is 5.76. The predicted molar refractivity (Wildman–Crippen MR) is 79.6 cm³/mol. The van der Waals surface area contributed by atoms with E-state index in [4.69, 9.17) is 4.74 Å². The van der Waals surface area contributed by atoms with Gasteiger partial charge in [-0.25, -0.2) is 0 Å². The normalized spacial score (nSPS) is 22.6. The van der Waals surface area contributed by atoms with E-state index in [0.717, 1.165) is 52.4 Å². The highest BCUT2D eigenvalue weighted by atomic mass is 16.5. The van der Waals surface area contributed by atoms with Crippen LogP contribution >= 0.6 is 0 Å². The number of rotatable bonds is 7. The van der Waals surface area contributed by atoms with Crippen LogP contribution in [0.2, 0.25) is 0 Å². The van der Waals surface area contributed by atoms with Crippen LogP contribution < -0.4 is 10.6 Å².